The first-order chi connectivity index (χ1) is 9.20. The zero-order chi connectivity index (χ0) is 13.7. The van der Waals surface area contributed by atoms with Crippen LogP contribution in [0.2, 0.25) is 0 Å². The van der Waals surface area contributed by atoms with Crippen LogP contribution in [0.25, 0.3) is 5.69 Å². The van der Waals surface area contributed by atoms with E-state index in [1.807, 2.05) is 6.19 Å². The lowest BCUT2D eigenvalue weighted by atomic mass is 10.1. The Bertz CT molecular complexity index is 616. The van der Waals surface area contributed by atoms with Gasteiger partial charge < -0.3 is 10.4 Å². The van der Waals surface area contributed by atoms with E-state index < -0.39 is 6.09 Å². The van der Waals surface area contributed by atoms with Crippen LogP contribution in [0, 0.1) is 11.5 Å². The Morgan fingerprint density at radius 3 is 3.00 bits per heavy atom. The molecule has 3 N–H and O–H groups in total. The van der Waals surface area contributed by atoms with Crippen LogP contribution in [0.1, 0.15) is 5.56 Å². The van der Waals surface area contributed by atoms with Gasteiger partial charge in [-0.15, -0.1) is 0 Å². The maximum atomic E-state index is 10.6. The number of rotatable bonds is 4. The number of nitriles is 1. The minimum Gasteiger partial charge on any atom is -0.465 e. The molecule has 7 nitrogen and oxygen atoms in total. The number of amides is 1. The monoisotopic (exact) mass is 257 g/mol. The van der Waals surface area contributed by atoms with Crippen LogP contribution in [0.5, 0.6) is 0 Å². The van der Waals surface area contributed by atoms with Crippen LogP contribution in [0.15, 0.2) is 36.7 Å². The normalized spacial score (nSPS) is 9.63. The lowest BCUT2D eigenvalue weighted by Crippen LogP contribution is -2.21. The average Bonchev–Trinajstić information content (AvgIpc) is 2.90. The van der Waals surface area contributed by atoms with E-state index in [2.05, 4.69) is 15.7 Å². The topological polar surface area (TPSA) is 103 Å². The molecular weight excluding hydrogens is 246 g/mol. The van der Waals surface area contributed by atoms with Gasteiger partial charge in [0.05, 0.1) is 5.69 Å². The van der Waals surface area contributed by atoms with Crippen molar-refractivity contribution >= 4 is 11.8 Å². The molecule has 0 bridgehead atoms. The number of carbonyl (C=O) groups is 1. The summed E-state index contributed by atoms with van der Waals surface area (Å²) >= 11 is 0. The van der Waals surface area contributed by atoms with Crippen LogP contribution in [-0.2, 0) is 6.54 Å². The molecule has 0 unspecified atom stereocenters. The van der Waals surface area contributed by atoms with Gasteiger partial charge in [-0.3, -0.25) is 5.32 Å². The minimum absolute atomic E-state index is 0.130. The van der Waals surface area contributed by atoms with Crippen molar-refractivity contribution < 1.29 is 9.90 Å². The molecule has 1 aromatic carbocycles. The third kappa shape index (κ3) is 3.01. The second kappa shape index (κ2) is 5.55. The second-order valence-electron chi connectivity index (χ2n) is 3.69. The molecule has 0 spiro atoms. The first kappa shape index (κ1) is 12.4. The predicted octanol–water partition coefficient (Wildman–Crippen LogP) is 1.53. The Balaban J connectivity index is 2.36. The van der Waals surface area contributed by atoms with Crippen molar-refractivity contribution in [1.82, 2.24) is 15.1 Å². The van der Waals surface area contributed by atoms with Crippen LogP contribution < -0.4 is 10.6 Å². The highest BCUT2D eigenvalue weighted by atomic mass is 16.4. The highest BCUT2D eigenvalue weighted by Gasteiger charge is 2.07. The summed E-state index contributed by atoms with van der Waals surface area (Å²) in [5, 5.41) is 26.2. The largest absolute Gasteiger partial charge is 0.465 e. The molecule has 0 fully saturated rings. The second-order valence-corrected chi connectivity index (χ2v) is 3.69. The molecule has 2 aromatic rings. The van der Waals surface area contributed by atoms with E-state index in [1.54, 1.807) is 41.3 Å². The fraction of sp³-hybridized carbons (Fsp3) is 0.0833. The zero-order valence-electron chi connectivity index (χ0n) is 9.87. The Labute approximate surface area is 109 Å². The van der Waals surface area contributed by atoms with Gasteiger partial charge in [-0.25, -0.2) is 9.48 Å². The molecule has 7 heteroatoms. The fourth-order valence-corrected chi connectivity index (χ4v) is 1.68. The molecule has 1 amide bonds. The molecular formula is C12H11N5O2. The highest BCUT2D eigenvalue weighted by molar-refractivity contribution is 5.65. The Kier molecular flexibility index (Phi) is 3.64. The lowest BCUT2D eigenvalue weighted by molar-refractivity contribution is 0.194. The summed E-state index contributed by atoms with van der Waals surface area (Å²) in [4.78, 5) is 10.6. The number of hydrogen-bond donors (Lipinski definition) is 3. The van der Waals surface area contributed by atoms with Gasteiger partial charge in [0.1, 0.15) is 0 Å². The summed E-state index contributed by atoms with van der Waals surface area (Å²) < 4.78 is 1.63. The van der Waals surface area contributed by atoms with Gasteiger partial charge in [-0.1, -0.05) is 0 Å². The first-order valence-electron chi connectivity index (χ1n) is 5.45. The standard InChI is InChI=1S/C12H11N5O2/c13-8-15-10-2-3-11(17-5-1-4-16-17)9(6-10)7-14-12(18)19/h1-6,14-15H,7H2,(H,18,19). The maximum Gasteiger partial charge on any atom is 0.404 e. The maximum absolute atomic E-state index is 10.6. The number of carboxylic acid groups (broad SMARTS) is 1. The number of anilines is 1. The van der Waals surface area contributed by atoms with Gasteiger partial charge in [0.15, 0.2) is 6.19 Å². The Morgan fingerprint density at radius 2 is 2.37 bits per heavy atom. The van der Waals surface area contributed by atoms with Crippen molar-refractivity contribution in [2.24, 2.45) is 0 Å². The minimum atomic E-state index is -1.11. The molecule has 0 saturated heterocycles. The van der Waals surface area contributed by atoms with E-state index in [0.717, 1.165) is 5.69 Å². The lowest BCUT2D eigenvalue weighted by Gasteiger charge is -2.11. The van der Waals surface area contributed by atoms with Crippen LogP contribution in [-0.4, -0.2) is 21.0 Å². The summed E-state index contributed by atoms with van der Waals surface area (Å²) in [6.07, 6.45) is 4.11. The van der Waals surface area contributed by atoms with E-state index in [-0.39, 0.29) is 6.54 Å². The third-order valence-electron chi connectivity index (χ3n) is 2.46. The van der Waals surface area contributed by atoms with Gasteiger partial charge in [-0.2, -0.15) is 10.4 Å². The zero-order valence-corrected chi connectivity index (χ0v) is 9.87. The van der Waals surface area contributed by atoms with Crippen molar-refractivity contribution in [1.29, 1.82) is 5.26 Å². The molecule has 96 valence electrons. The molecule has 0 radical (unpaired) electrons. The number of benzene rings is 1. The summed E-state index contributed by atoms with van der Waals surface area (Å²) in [6, 6.07) is 6.97. The molecule has 19 heavy (non-hydrogen) atoms. The number of hydrogen-bond acceptors (Lipinski definition) is 4. The smallest absolute Gasteiger partial charge is 0.404 e. The van der Waals surface area contributed by atoms with Gasteiger partial charge in [0.25, 0.3) is 0 Å². The van der Waals surface area contributed by atoms with Crippen LogP contribution in [0.3, 0.4) is 0 Å². The van der Waals surface area contributed by atoms with E-state index in [1.165, 1.54) is 0 Å². The number of aromatic nitrogens is 2. The van der Waals surface area contributed by atoms with Crippen molar-refractivity contribution in [2.45, 2.75) is 6.54 Å². The summed E-state index contributed by atoms with van der Waals surface area (Å²) in [6.45, 7) is 0.130. The molecule has 0 atom stereocenters. The van der Waals surface area contributed by atoms with E-state index in [0.29, 0.717) is 11.3 Å². The van der Waals surface area contributed by atoms with E-state index in [9.17, 15) is 4.79 Å². The number of nitrogens with zero attached hydrogens (tertiary/aromatic N) is 3. The van der Waals surface area contributed by atoms with Crippen molar-refractivity contribution in [3.8, 4) is 11.9 Å². The van der Waals surface area contributed by atoms with Gasteiger partial charge >= 0.3 is 6.09 Å². The van der Waals surface area contributed by atoms with E-state index >= 15 is 0 Å². The molecule has 1 aromatic heterocycles. The van der Waals surface area contributed by atoms with Crippen LogP contribution >= 0.6 is 0 Å². The Morgan fingerprint density at radius 1 is 1.53 bits per heavy atom. The van der Waals surface area contributed by atoms with E-state index in [4.69, 9.17) is 10.4 Å². The molecule has 2 rings (SSSR count). The first-order valence-corrected chi connectivity index (χ1v) is 5.45. The SMILES string of the molecule is N#CNc1ccc(-n2cccn2)c(CNC(=O)O)c1. The van der Waals surface area contributed by atoms with Crippen molar-refractivity contribution in [2.75, 3.05) is 5.32 Å². The van der Waals surface area contributed by atoms with Gasteiger partial charge in [0.2, 0.25) is 0 Å². The van der Waals surface area contributed by atoms with Crippen molar-refractivity contribution in [3.05, 3.63) is 42.2 Å². The average molecular weight is 257 g/mol. The molecule has 1 heterocycles. The Hall–Kier alpha value is -3.01. The molecule has 0 aliphatic heterocycles. The summed E-state index contributed by atoms with van der Waals surface area (Å²) in [7, 11) is 0. The highest BCUT2D eigenvalue weighted by Crippen LogP contribution is 2.19. The summed E-state index contributed by atoms with van der Waals surface area (Å²) in [5.74, 6) is 0. The van der Waals surface area contributed by atoms with Crippen LogP contribution in [0.4, 0.5) is 10.5 Å². The van der Waals surface area contributed by atoms with Crippen molar-refractivity contribution in [3.63, 3.8) is 0 Å². The van der Waals surface area contributed by atoms with Gasteiger partial charge in [-0.05, 0) is 29.8 Å². The molecule has 0 aliphatic carbocycles. The van der Waals surface area contributed by atoms with Gasteiger partial charge in [0, 0.05) is 24.6 Å². The fourth-order valence-electron chi connectivity index (χ4n) is 1.68. The molecule has 0 aliphatic rings. The predicted molar refractivity (Wildman–Crippen MR) is 67.7 cm³/mol. The summed E-state index contributed by atoms with van der Waals surface area (Å²) in [5.41, 5.74) is 2.06. The quantitative estimate of drug-likeness (QED) is 0.569. The molecule has 0 saturated carbocycles. The number of nitrogens with one attached hydrogen (secondary N) is 2. The third-order valence-corrected chi connectivity index (χ3v) is 2.46.